The third-order valence-corrected chi connectivity index (χ3v) is 2.38. The van der Waals surface area contributed by atoms with Gasteiger partial charge < -0.3 is 19.3 Å². The minimum absolute atomic E-state index is 0.103. The third-order valence-electron chi connectivity index (χ3n) is 2.38. The maximum Gasteiger partial charge on any atom is 0.147 e. The zero-order chi connectivity index (χ0) is 8.55. The Bertz CT molecular complexity index is 161. The summed E-state index contributed by atoms with van der Waals surface area (Å²) in [7, 11) is 0. The van der Waals surface area contributed by atoms with Crippen LogP contribution >= 0.6 is 0 Å². The molecule has 2 heterocycles. The first-order chi connectivity index (χ1) is 5.77. The van der Waals surface area contributed by atoms with E-state index >= 15 is 0 Å². The van der Waals surface area contributed by atoms with E-state index in [0.717, 1.165) is 6.42 Å². The van der Waals surface area contributed by atoms with E-state index in [9.17, 15) is 5.11 Å². The SMILES string of the molecule is C[C@H]1O[C@@H]1C[C@@H]1OCOC[C@H]1O. The Morgan fingerprint density at radius 3 is 2.75 bits per heavy atom. The Balaban J connectivity index is 1.77. The molecular formula is C8H14O4. The predicted molar refractivity (Wildman–Crippen MR) is 40.7 cm³/mol. The van der Waals surface area contributed by atoms with Crippen molar-refractivity contribution in [2.45, 2.75) is 37.8 Å². The van der Waals surface area contributed by atoms with Crippen LogP contribution in [-0.4, -0.2) is 42.9 Å². The van der Waals surface area contributed by atoms with Gasteiger partial charge in [0.25, 0.3) is 0 Å². The van der Waals surface area contributed by atoms with E-state index in [1.807, 2.05) is 6.92 Å². The van der Waals surface area contributed by atoms with Gasteiger partial charge in [-0.3, -0.25) is 0 Å². The summed E-state index contributed by atoms with van der Waals surface area (Å²) in [5, 5.41) is 9.43. The minimum atomic E-state index is -0.491. The highest BCUT2D eigenvalue weighted by Gasteiger charge is 2.39. The molecule has 0 spiro atoms. The van der Waals surface area contributed by atoms with Gasteiger partial charge in [0, 0.05) is 6.42 Å². The molecule has 2 fully saturated rings. The monoisotopic (exact) mass is 174 g/mol. The number of hydrogen-bond donors (Lipinski definition) is 1. The molecule has 0 unspecified atom stereocenters. The predicted octanol–water partition coefficient (Wildman–Crippen LogP) is -0.102. The molecule has 0 aliphatic carbocycles. The number of epoxide rings is 1. The molecule has 0 amide bonds. The second kappa shape index (κ2) is 3.30. The quantitative estimate of drug-likeness (QED) is 0.594. The molecule has 70 valence electrons. The first-order valence-electron chi connectivity index (χ1n) is 4.30. The van der Waals surface area contributed by atoms with Gasteiger partial charge in [-0.15, -0.1) is 0 Å². The van der Waals surface area contributed by atoms with Crippen LogP contribution in [0.25, 0.3) is 0 Å². The standard InChI is InChI=1S/C8H14O4/c1-5-7(12-5)2-8-6(9)3-10-4-11-8/h5-9H,2-4H2,1H3/t5-,6-,7-,8+/m1/s1. The molecule has 2 rings (SSSR count). The van der Waals surface area contributed by atoms with Gasteiger partial charge in [0.2, 0.25) is 0 Å². The Morgan fingerprint density at radius 1 is 1.42 bits per heavy atom. The number of rotatable bonds is 2. The van der Waals surface area contributed by atoms with Crippen LogP contribution in [0.3, 0.4) is 0 Å². The van der Waals surface area contributed by atoms with Crippen molar-refractivity contribution in [3.63, 3.8) is 0 Å². The zero-order valence-electron chi connectivity index (χ0n) is 7.10. The van der Waals surface area contributed by atoms with E-state index in [-0.39, 0.29) is 12.2 Å². The van der Waals surface area contributed by atoms with Crippen molar-refractivity contribution in [1.82, 2.24) is 0 Å². The lowest BCUT2D eigenvalue weighted by molar-refractivity contribution is -0.195. The van der Waals surface area contributed by atoms with Gasteiger partial charge >= 0.3 is 0 Å². The minimum Gasteiger partial charge on any atom is -0.388 e. The summed E-state index contributed by atoms with van der Waals surface area (Å²) < 4.78 is 15.4. The highest BCUT2D eigenvalue weighted by atomic mass is 16.7. The molecule has 4 nitrogen and oxygen atoms in total. The van der Waals surface area contributed by atoms with Crippen molar-refractivity contribution >= 4 is 0 Å². The van der Waals surface area contributed by atoms with E-state index in [4.69, 9.17) is 14.2 Å². The zero-order valence-corrected chi connectivity index (χ0v) is 7.10. The van der Waals surface area contributed by atoms with Crippen molar-refractivity contribution in [3.05, 3.63) is 0 Å². The fourth-order valence-corrected chi connectivity index (χ4v) is 1.45. The van der Waals surface area contributed by atoms with Gasteiger partial charge in [0.1, 0.15) is 12.9 Å². The van der Waals surface area contributed by atoms with Crippen LogP contribution in [0.1, 0.15) is 13.3 Å². The van der Waals surface area contributed by atoms with Crippen molar-refractivity contribution < 1.29 is 19.3 Å². The molecule has 0 radical (unpaired) electrons. The summed E-state index contributed by atoms with van der Waals surface area (Å²) >= 11 is 0. The van der Waals surface area contributed by atoms with Gasteiger partial charge in [-0.2, -0.15) is 0 Å². The number of hydrogen-bond acceptors (Lipinski definition) is 4. The first kappa shape index (κ1) is 8.44. The van der Waals surface area contributed by atoms with E-state index in [1.165, 1.54) is 0 Å². The second-order valence-corrected chi connectivity index (χ2v) is 3.38. The first-order valence-corrected chi connectivity index (χ1v) is 4.30. The average molecular weight is 174 g/mol. The molecule has 12 heavy (non-hydrogen) atoms. The average Bonchev–Trinajstić information content (AvgIpc) is 2.72. The molecule has 0 aromatic heterocycles. The molecule has 0 saturated carbocycles. The van der Waals surface area contributed by atoms with Crippen LogP contribution in [0.2, 0.25) is 0 Å². The Morgan fingerprint density at radius 2 is 2.17 bits per heavy atom. The van der Waals surface area contributed by atoms with Gasteiger partial charge in [0.15, 0.2) is 0 Å². The molecule has 0 bridgehead atoms. The molecule has 0 aromatic rings. The number of aliphatic hydroxyl groups is 1. The Kier molecular flexibility index (Phi) is 2.32. The molecule has 1 N–H and O–H groups in total. The van der Waals surface area contributed by atoms with Crippen LogP contribution in [0, 0.1) is 0 Å². The molecule has 2 saturated heterocycles. The second-order valence-electron chi connectivity index (χ2n) is 3.38. The Labute approximate surface area is 71.4 Å². The van der Waals surface area contributed by atoms with Gasteiger partial charge in [-0.1, -0.05) is 0 Å². The highest BCUT2D eigenvalue weighted by Crippen LogP contribution is 2.28. The molecule has 2 aliphatic rings. The van der Waals surface area contributed by atoms with E-state index in [1.54, 1.807) is 0 Å². The van der Waals surface area contributed by atoms with Crippen molar-refractivity contribution in [3.8, 4) is 0 Å². The maximum atomic E-state index is 9.43. The lowest BCUT2D eigenvalue weighted by Gasteiger charge is -2.27. The van der Waals surface area contributed by atoms with E-state index < -0.39 is 6.10 Å². The summed E-state index contributed by atoms with van der Waals surface area (Å²) in [5.41, 5.74) is 0. The summed E-state index contributed by atoms with van der Waals surface area (Å²) in [6.07, 6.45) is 0.807. The fourth-order valence-electron chi connectivity index (χ4n) is 1.45. The molecule has 2 aliphatic heterocycles. The van der Waals surface area contributed by atoms with Crippen LogP contribution < -0.4 is 0 Å². The van der Waals surface area contributed by atoms with E-state index in [0.29, 0.717) is 19.5 Å². The summed E-state index contributed by atoms with van der Waals surface area (Å²) in [4.78, 5) is 0. The van der Waals surface area contributed by atoms with Crippen molar-refractivity contribution in [2.24, 2.45) is 0 Å². The molecule has 4 heteroatoms. The van der Waals surface area contributed by atoms with Gasteiger partial charge in [-0.25, -0.2) is 0 Å². The maximum absolute atomic E-state index is 9.43. The summed E-state index contributed by atoms with van der Waals surface area (Å²) in [6.45, 7) is 2.70. The van der Waals surface area contributed by atoms with Crippen LogP contribution in [-0.2, 0) is 14.2 Å². The number of ether oxygens (including phenoxy) is 3. The Hall–Kier alpha value is -0.160. The fraction of sp³-hybridized carbons (Fsp3) is 1.00. The van der Waals surface area contributed by atoms with Crippen LogP contribution in [0.4, 0.5) is 0 Å². The summed E-state index contributed by atoms with van der Waals surface area (Å²) in [5.74, 6) is 0. The smallest absolute Gasteiger partial charge is 0.147 e. The van der Waals surface area contributed by atoms with Gasteiger partial charge in [-0.05, 0) is 6.92 Å². The topological polar surface area (TPSA) is 51.2 Å². The molecule has 4 atom stereocenters. The van der Waals surface area contributed by atoms with Crippen molar-refractivity contribution in [2.75, 3.05) is 13.4 Å². The lowest BCUT2D eigenvalue weighted by atomic mass is 10.1. The number of aliphatic hydroxyl groups excluding tert-OH is 1. The van der Waals surface area contributed by atoms with Gasteiger partial charge in [0.05, 0.1) is 24.9 Å². The highest BCUT2D eigenvalue weighted by molar-refractivity contribution is 4.86. The lowest BCUT2D eigenvalue weighted by Crippen LogP contribution is -2.39. The van der Waals surface area contributed by atoms with Crippen LogP contribution in [0.5, 0.6) is 0 Å². The molecule has 0 aromatic carbocycles. The van der Waals surface area contributed by atoms with E-state index in [2.05, 4.69) is 0 Å². The third kappa shape index (κ3) is 1.77. The normalized spacial score (nSPS) is 47.5. The van der Waals surface area contributed by atoms with Crippen molar-refractivity contribution in [1.29, 1.82) is 0 Å². The largest absolute Gasteiger partial charge is 0.388 e. The molecular weight excluding hydrogens is 160 g/mol. The van der Waals surface area contributed by atoms with Crippen LogP contribution in [0.15, 0.2) is 0 Å². The summed E-state index contributed by atoms with van der Waals surface area (Å²) in [6, 6.07) is 0.